The van der Waals surface area contributed by atoms with Gasteiger partial charge in [0.25, 0.3) is 0 Å². The largest absolute Gasteiger partial charge is 0.204 e. The Morgan fingerprint density at radius 1 is 0.640 bits per heavy atom. The van der Waals surface area contributed by atoms with Crippen LogP contribution in [0.5, 0.6) is 0 Å². The zero-order valence-corrected chi connectivity index (χ0v) is 15.2. The van der Waals surface area contributed by atoms with Crippen LogP contribution in [0.2, 0.25) is 0 Å². The van der Waals surface area contributed by atoms with Crippen LogP contribution in [0.15, 0.2) is 29.3 Å². The minimum atomic E-state index is -0.730. The first-order valence-electron chi connectivity index (χ1n) is 10.4. The van der Waals surface area contributed by atoms with Crippen molar-refractivity contribution in [3.05, 3.63) is 46.5 Å². The third-order valence-corrected chi connectivity index (χ3v) is 7.19. The average Bonchev–Trinajstić information content (AvgIpc) is 3.19. The van der Waals surface area contributed by atoms with E-state index in [4.69, 9.17) is 0 Å². The first-order chi connectivity index (χ1) is 12.2. The highest BCUT2D eigenvalue weighted by atomic mass is 19.2. The fraction of sp³-hybridized carbons (Fsp3) is 0.652. The van der Waals surface area contributed by atoms with Crippen LogP contribution in [-0.4, -0.2) is 0 Å². The van der Waals surface area contributed by atoms with E-state index in [-0.39, 0.29) is 0 Å². The van der Waals surface area contributed by atoms with Crippen LogP contribution in [0.4, 0.5) is 8.78 Å². The van der Waals surface area contributed by atoms with Crippen LogP contribution in [0.25, 0.3) is 0 Å². The molecule has 0 nitrogen and oxygen atoms in total. The second-order valence-corrected chi connectivity index (χ2v) is 8.54. The average molecular weight is 344 g/mol. The molecule has 3 fully saturated rings. The summed E-state index contributed by atoms with van der Waals surface area (Å²) in [5.74, 6) is 0.755. The zero-order chi connectivity index (χ0) is 17.2. The molecule has 3 saturated carbocycles. The number of allylic oxidation sites excluding steroid dienone is 2. The van der Waals surface area contributed by atoms with Crippen LogP contribution in [0.3, 0.4) is 0 Å². The lowest BCUT2D eigenvalue weighted by Crippen LogP contribution is -2.23. The molecule has 0 saturated heterocycles. The Bertz CT molecular complexity index is 619. The van der Waals surface area contributed by atoms with Crippen molar-refractivity contribution in [2.45, 2.75) is 83.0 Å². The molecule has 0 bridgehead atoms. The Hall–Kier alpha value is -1.18. The Morgan fingerprint density at radius 3 is 1.88 bits per heavy atom. The van der Waals surface area contributed by atoms with Crippen molar-refractivity contribution in [1.29, 1.82) is 0 Å². The Kier molecular flexibility index (Phi) is 5.24. The summed E-state index contributed by atoms with van der Waals surface area (Å²) in [7, 11) is 0. The second kappa shape index (κ2) is 7.60. The minimum Gasteiger partial charge on any atom is -0.204 e. The van der Waals surface area contributed by atoms with Crippen LogP contribution < -0.4 is 0 Å². The van der Waals surface area contributed by atoms with E-state index in [2.05, 4.69) is 0 Å². The van der Waals surface area contributed by atoms with Gasteiger partial charge in [0.2, 0.25) is 0 Å². The highest BCUT2D eigenvalue weighted by Gasteiger charge is 2.31. The molecule has 1 aromatic rings. The lowest BCUT2D eigenvalue weighted by molar-refractivity contribution is 0.199. The normalized spacial score (nSPS) is 30.7. The molecular weight excluding hydrogens is 314 g/mol. The van der Waals surface area contributed by atoms with Gasteiger partial charge in [0.05, 0.1) is 0 Å². The van der Waals surface area contributed by atoms with Gasteiger partial charge in [0, 0.05) is 0 Å². The van der Waals surface area contributed by atoms with Gasteiger partial charge < -0.3 is 0 Å². The second-order valence-electron chi connectivity index (χ2n) is 8.54. The third kappa shape index (κ3) is 3.83. The molecule has 0 radical (unpaired) electrons. The molecule has 0 amide bonds. The van der Waals surface area contributed by atoms with Gasteiger partial charge in [0.15, 0.2) is 11.6 Å². The van der Waals surface area contributed by atoms with Crippen molar-refractivity contribution in [2.24, 2.45) is 11.8 Å². The maximum absolute atomic E-state index is 13.5. The van der Waals surface area contributed by atoms with Gasteiger partial charge in [-0.15, -0.1) is 0 Å². The van der Waals surface area contributed by atoms with E-state index in [1.165, 1.54) is 76.3 Å². The molecule has 25 heavy (non-hydrogen) atoms. The van der Waals surface area contributed by atoms with Crippen LogP contribution in [0.1, 0.15) is 88.5 Å². The number of rotatable bonds is 2. The summed E-state index contributed by atoms with van der Waals surface area (Å²) in [5.41, 5.74) is 4.61. The lowest BCUT2D eigenvalue weighted by Gasteiger charge is -2.37. The number of hydrogen-bond acceptors (Lipinski definition) is 0. The molecule has 4 rings (SSSR count). The highest BCUT2D eigenvalue weighted by molar-refractivity contribution is 5.22. The summed E-state index contributed by atoms with van der Waals surface area (Å²) in [6.07, 6.45) is 15.9. The zero-order valence-electron chi connectivity index (χ0n) is 15.2. The van der Waals surface area contributed by atoms with Gasteiger partial charge in [-0.05, 0) is 112 Å². The topological polar surface area (TPSA) is 0 Å². The Morgan fingerprint density at radius 2 is 1.24 bits per heavy atom. The predicted octanol–water partition coefficient (Wildman–Crippen LogP) is 7.30. The van der Waals surface area contributed by atoms with Gasteiger partial charge in [-0.3, -0.25) is 0 Å². The van der Waals surface area contributed by atoms with Gasteiger partial charge in [-0.25, -0.2) is 8.78 Å². The summed E-state index contributed by atoms with van der Waals surface area (Å²) >= 11 is 0. The maximum atomic E-state index is 13.5. The number of benzene rings is 1. The molecule has 136 valence electrons. The molecule has 3 aliphatic carbocycles. The van der Waals surface area contributed by atoms with E-state index >= 15 is 0 Å². The molecule has 0 aromatic heterocycles. The molecule has 0 spiro atoms. The minimum absolute atomic E-state index is 0.422. The van der Waals surface area contributed by atoms with Crippen LogP contribution in [0, 0.1) is 23.5 Å². The summed E-state index contributed by atoms with van der Waals surface area (Å²) < 4.78 is 26.6. The first-order valence-corrected chi connectivity index (χ1v) is 10.4. The molecule has 0 atom stereocenters. The van der Waals surface area contributed by atoms with E-state index in [1.54, 1.807) is 11.6 Å². The van der Waals surface area contributed by atoms with Crippen molar-refractivity contribution in [3.8, 4) is 0 Å². The Balaban J connectivity index is 1.30. The van der Waals surface area contributed by atoms with Gasteiger partial charge in [0.1, 0.15) is 0 Å². The highest BCUT2D eigenvalue weighted by Crippen LogP contribution is 2.45. The van der Waals surface area contributed by atoms with E-state index in [0.29, 0.717) is 5.92 Å². The van der Waals surface area contributed by atoms with Crippen molar-refractivity contribution in [3.63, 3.8) is 0 Å². The molecular formula is C23H30F2. The van der Waals surface area contributed by atoms with Crippen molar-refractivity contribution >= 4 is 0 Å². The maximum Gasteiger partial charge on any atom is 0.159 e. The van der Waals surface area contributed by atoms with Crippen LogP contribution >= 0.6 is 0 Å². The number of halogens is 2. The molecule has 2 heteroatoms. The van der Waals surface area contributed by atoms with Crippen molar-refractivity contribution < 1.29 is 8.78 Å². The lowest BCUT2D eigenvalue weighted by atomic mass is 9.69. The predicted molar refractivity (Wildman–Crippen MR) is 98.5 cm³/mol. The third-order valence-electron chi connectivity index (χ3n) is 7.19. The van der Waals surface area contributed by atoms with E-state index in [9.17, 15) is 8.78 Å². The first kappa shape index (κ1) is 17.2. The fourth-order valence-electron chi connectivity index (χ4n) is 5.66. The van der Waals surface area contributed by atoms with Crippen molar-refractivity contribution in [1.82, 2.24) is 0 Å². The summed E-state index contributed by atoms with van der Waals surface area (Å²) in [6.45, 7) is 0. The van der Waals surface area contributed by atoms with Crippen LogP contribution in [-0.2, 0) is 0 Å². The molecule has 0 aliphatic heterocycles. The summed E-state index contributed by atoms with van der Waals surface area (Å²) in [5, 5.41) is 0. The molecule has 1 aromatic carbocycles. The Labute approximate surface area is 150 Å². The SMILES string of the molecule is Fc1ccc([C@H]2CC[C@H](C3CCC(=C4CCCC4)CC3)CC2)cc1F. The summed E-state index contributed by atoms with van der Waals surface area (Å²) in [4.78, 5) is 0. The van der Waals surface area contributed by atoms with E-state index < -0.39 is 11.6 Å². The summed E-state index contributed by atoms with van der Waals surface area (Å²) in [6, 6.07) is 4.49. The monoisotopic (exact) mass is 344 g/mol. The molecule has 3 aliphatic rings. The van der Waals surface area contributed by atoms with Gasteiger partial charge in [-0.1, -0.05) is 17.2 Å². The van der Waals surface area contributed by atoms with Gasteiger partial charge in [-0.2, -0.15) is 0 Å². The fourth-order valence-corrected chi connectivity index (χ4v) is 5.66. The number of hydrogen-bond donors (Lipinski definition) is 0. The quantitative estimate of drug-likeness (QED) is 0.494. The van der Waals surface area contributed by atoms with E-state index in [1.807, 2.05) is 5.57 Å². The standard InChI is InChI=1S/C23H30F2/c24-22-14-13-21(15-23(22)25)20-11-9-19(10-12-20)18-7-5-17(6-8-18)16-3-1-2-4-16/h13-15,18-20H,1-12H2/t19-,20-. The smallest absolute Gasteiger partial charge is 0.159 e. The van der Waals surface area contributed by atoms with Crippen molar-refractivity contribution in [2.75, 3.05) is 0 Å². The molecule has 0 heterocycles. The van der Waals surface area contributed by atoms with Gasteiger partial charge >= 0.3 is 0 Å². The molecule has 0 N–H and O–H groups in total. The molecule has 0 unspecified atom stereocenters. The van der Waals surface area contributed by atoms with E-state index in [0.717, 1.165) is 30.2 Å².